The Bertz CT molecular complexity index is 2530. The van der Waals surface area contributed by atoms with E-state index in [0.717, 1.165) is 50.1 Å². The Kier molecular flexibility index (Phi) is 6.84. The third kappa shape index (κ3) is 4.83. The molecule has 9 rings (SSSR count). The lowest BCUT2D eigenvalue weighted by atomic mass is 9.94. The third-order valence-corrected chi connectivity index (χ3v) is 9.29. The van der Waals surface area contributed by atoms with Crippen LogP contribution in [0, 0.1) is 0 Å². The topological polar surface area (TPSA) is 16.4 Å². The molecule has 2 heteroatoms. The van der Waals surface area contributed by atoms with Gasteiger partial charge in [-0.25, -0.2) is 0 Å². The van der Waals surface area contributed by atoms with Crippen LogP contribution in [0.25, 0.3) is 66.1 Å². The molecule has 0 N–H and O–H groups in total. The van der Waals surface area contributed by atoms with Gasteiger partial charge in [0.25, 0.3) is 0 Å². The van der Waals surface area contributed by atoms with Gasteiger partial charge in [-0.3, -0.25) is 0 Å². The maximum absolute atomic E-state index is 6.58. The summed E-state index contributed by atoms with van der Waals surface area (Å²) in [5, 5.41) is 4.79. The van der Waals surface area contributed by atoms with Crippen molar-refractivity contribution in [1.82, 2.24) is 0 Å². The third-order valence-electron chi connectivity index (χ3n) is 9.29. The Labute approximate surface area is 279 Å². The largest absolute Gasteiger partial charge is 0.455 e. The van der Waals surface area contributed by atoms with Crippen LogP contribution in [0.3, 0.4) is 0 Å². The maximum atomic E-state index is 6.58. The number of benzene rings is 8. The maximum Gasteiger partial charge on any atom is 0.143 e. The molecule has 0 aliphatic carbocycles. The number of fused-ring (bicyclic) bond motifs is 4. The van der Waals surface area contributed by atoms with Gasteiger partial charge in [-0.15, -0.1) is 0 Å². The van der Waals surface area contributed by atoms with Gasteiger partial charge < -0.3 is 9.32 Å². The minimum Gasteiger partial charge on any atom is -0.455 e. The quantitative estimate of drug-likeness (QED) is 0.185. The van der Waals surface area contributed by atoms with Crippen LogP contribution < -0.4 is 4.90 Å². The fourth-order valence-corrected chi connectivity index (χ4v) is 7.00. The molecule has 0 spiro atoms. The van der Waals surface area contributed by atoms with Crippen LogP contribution in [0.2, 0.25) is 0 Å². The second-order valence-electron chi connectivity index (χ2n) is 12.1. The predicted molar refractivity (Wildman–Crippen MR) is 202 cm³/mol. The number of hydrogen-bond donors (Lipinski definition) is 0. The van der Waals surface area contributed by atoms with Crippen molar-refractivity contribution in [3.05, 3.63) is 188 Å². The van der Waals surface area contributed by atoms with Crippen molar-refractivity contribution in [2.45, 2.75) is 0 Å². The van der Waals surface area contributed by atoms with E-state index in [1.165, 1.54) is 33.0 Å². The normalized spacial score (nSPS) is 11.3. The van der Waals surface area contributed by atoms with Gasteiger partial charge in [0.1, 0.15) is 11.2 Å². The number of rotatable bonds is 6. The van der Waals surface area contributed by atoms with E-state index >= 15 is 0 Å². The molecule has 1 heterocycles. The van der Waals surface area contributed by atoms with E-state index in [-0.39, 0.29) is 0 Å². The van der Waals surface area contributed by atoms with Crippen LogP contribution in [0.4, 0.5) is 17.1 Å². The van der Waals surface area contributed by atoms with Gasteiger partial charge in [0.2, 0.25) is 0 Å². The first-order valence-corrected chi connectivity index (χ1v) is 16.4. The predicted octanol–water partition coefficient (Wildman–Crippen LogP) is 13.2. The van der Waals surface area contributed by atoms with Crippen LogP contribution >= 0.6 is 0 Å². The molecular formula is C46H31NO. The standard InChI is InChI=1S/C46H31NO/c1-3-12-33(13-4-1)41-30-31-42(46-45(41)43-19-9-10-21-44(43)48-46)35-24-28-38(29-25-35)47(36-16-5-2-6-17-36)37-26-22-34(23-27-37)40-20-11-15-32-14-7-8-18-39(32)40/h1-31H. The minimum atomic E-state index is 0.899. The Balaban J connectivity index is 1.12. The summed E-state index contributed by atoms with van der Waals surface area (Å²) in [7, 11) is 0. The number of nitrogens with zero attached hydrogens (tertiary/aromatic N) is 1. The van der Waals surface area contributed by atoms with Crippen LogP contribution in [0.15, 0.2) is 192 Å². The van der Waals surface area contributed by atoms with Gasteiger partial charge in [0.15, 0.2) is 0 Å². The molecule has 0 atom stereocenters. The summed E-state index contributed by atoms with van der Waals surface area (Å²) in [5.74, 6) is 0. The zero-order chi connectivity index (χ0) is 31.9. The molecule has 0 bridgehead atoms. The van der Waals surface area contributed by atoms with E-state index in [1.807, 2.05) is 6.07 Å². The van der Waals surface area contributed by atoms with Gasteiger partial charge in [-0.05, 0) is 87.1 Å². The van der Waals surface area contributed by atoms with Gasteiger partial charge in [-0.1, -0.05) is 140 Å². The Hall–Kier alpha value is -6.38. The summed E-state index contributed by atoms with van der Waals surface area (Å²) in [6.45, 7) is 0. The minimum absolute atomic E-state index is 0.899. The van der Waals surface area contributed by atoms with E-state index in [1.54, 1.807) is 0 Å². The highest BCUT2D eigenvalue weighted by Gasteiger charge is 2.18. The summed E-state index contributed by atoms with van der Waals surface area (Å²) >= 11 is 0. The van der Waals surface area contributed by atoms with Gasteiger partial charge in [0, 0.05) is 33.4 Å². The molecule has 0 saturated heterocycles. The number of para-hydroxylation sites is 2. The summed E-state index contributed by atoms with van der Waals surface area (Å²) in [5.41, 5.74) is 12.1. The summed E-state index contributed by atoms with van der Waals surface area (Å²) < 4.78 is 6.58. The van der Waals surface area contributed by atoms with Crippen molar-refractivity contribution >= 4 is 49.8 Å². The lowest BCUT2D eigenvalue weighted by Crippen LogP contribution is -2.09. The van der Waals surface area contributed by atoms with Crippen molar-refractivity contribution < 1.29 is 4.42 Å². The number of anilines is 3. The second kappa shape index (κ2) is 11.8. The Morgan fingerprint density at radius 2 is 0.854 bits per heavy atom. The molecule has 0 unspecified atom stereocenters. The van der Waals surface area contributed by atoms with Crippen LogP contribution in [-0.2, 0) is 0 Å². The first-order valence-electron chi connectivity index (χ1n) is 16.4. The fourth-order valence-electron chi connectivity index (χ4n) is 7.00. The Morgan fingerprint density at radius 1 is 0.333 bits per heavy atom. The van der Waals surface area contributed by atoms with E-state index in [0.29, 0.717) is 0 Å². The van der Waals surface area contributed by atoms with Crippen LogP contribution in [-0.4, -0.2) is 0 Å². The fraction of sp³-hybridized carbons (Fsp3) is 0. The molecule has 48 heavy (non-hydrogen) atoms. The average molecular weight is 614 g/mol. The van der Waals surface area contributed by atoms with Crippen LogP contribution in [0.5, 0.6) is 0 Å². The molecular weight excluding hydrogens is 583 g/mol. The zero-order valence-corrected chi connectivity index (χ0v) is 26.3. The molecule has 226 valence electrons. The lowest BCUT2D eigenvalue weighted by molar-refractivity contribution is 0.670. The SMILES string of the molecule is c1ccc(-c2ccc(-c3ccc(N(c4ccccc4)c4ccc(-c5cccc6ccccc56)cc4)cc3)c3oc4ccccc4c23)cc1. The summed E-state index contributed by atoms with van der Waals surface area (Å²) in [4.78, 5) is 2.31. The molecule has 0 saturated carbocycles. The molecule has 8 aromatic carbocycles. The van der Waals surface area contributed by atoms with Gasteiger partial charge in [0.05, 0.1) is 0 Å². The molecule has 0 amide bonds. The summed E-state index contributed by atoms with van der Waals surface area (Å²) in [6.07, 6.45) is 0. The smallest absolute Gasteiger partial charge is 0.143 e. The van der Waals surface area contributed by atoms with Gasteiger partial charge in [-0.2, -0.15) is 0 Å². The molecule has 0 fully saturated rings. The molecule has 1 aromatic heterocycles. The second-order valence-corrected chi connectivity index (χ2v) is 12.1. The van der Waals surface area contributed by atoms with Crippen molar-refractivity contribution in [1.29, 1.82) is 0 Å². The number of hydrogen-bond acceptors (Lipinski definition) is 2. The van der Waals surface area contributed by atoms with E-state index in [9.17, 15) is 0 Å². The first kappa shape index (κ1) is 27.9. The highest BCUT2D eigenvalue weighted by atomic mass is 16.3. The lowest BCUT2D eigenvalue weighted by Gasteiger charge is -2.26. The molecule has 0 aliphatic rings. The van der Waals surface area contributed by atoms with Crippen molar-refractivity contribution in [3.63, 3.8) is 0 Å². The highest BCUT2D eigenvalue weighted by Crippen LogP contribution is 2.43. The monoisotopic (exact) mass is 613 g/mol. The molecule has 9 aromatic rings. The van der Waals surface area contributed by atoms with Crippen molar-refractivity contribution in [2.75, 3.05) is 4.90 Å². The molecule has 0 radical (unpaired) electrons. The summed E-state index contributed by atoms with van der Waals surface area (Å²) in [6, 6.07) is 66.7. The van der Waals surface area contributed by atoms with Crippen molar-refractivity contribution in [2.24, 2.45) is 0 Å². The number of furan rings is 1. The van der Waals surface area contributed by atoms with Gasteiger partial charge >= 0.3 is 0 Å². The van der Waals surface area contributed by atoms with Crippen molar-refractivity contribution in [3.8, 4) is 33.4 Å². The van der Waals surface area contributed by atoms with E-state index < -0.39 is 0 Å². The Morgan fingerprint density at radius 3 is 1.58 bits per heavy atom. The molecule has 0 aliphatic heterocycles. The average Bonchev–Trinajstić information content (AvgIpc) is 3.56. The van der Waals surface area contributed by atoms with E-state index in [4.69, 9.17) is 4.42 Å². The van der Waals surface area contributed by atoms with E-state index in [2.05, 4.69) is 187 Å². The first-order chi connectivity index (χ1) is 23.8. The molecule has 2 nitrogen and oxygen atoms in total. The van der Waals surface area contributed by atoms with Crippen LogP contribution in [0.1, 0.15) is 0 Å². The highest BCUT2D eigenvalue weighted by molar-refractivity contribution is 6.16. The zero-order valence-electron chi connectivity index (χ0n) is 26.3.